The van der Waals surface area contributed by atoms with Gasteiger partial charge < -0.3 is 0 Å². The topological polar surface area (TPSA) is 78.8 Å². The van der Waals surface area contributed by atoms with Gasteiger partial charge in [-0.15, -0.1) is 0 Å². The normalized spacial score (nSPS) is 12.3. The molecule has 3 aromatic carbocycles. The summed E-state index contributed by atoms with van der Waals surface area (Å²) in [4.78, 5) is 12.4. The van der Waals surface area contributed by atoms with E-state index in [1.165, 1.54) is 48.5 Å². The van der Waals surface area contributed by atoms with E-state index in [2.05, 4.69) is 10.5 Å². The zero-order valence-electron chi connectivity index (χ0n) is 17.8. The highest BCUT2D eigenvalue weighted by molar-refractivity contribution is 7.92. The molecule has 0 aliphatic rings. The number of hydrogen-bond donors (Lipinski definition) is 1. The summed E-state index contributed by atoms with van der Waals surface area (Å²) >= 11 is 0. The summed E-state index contributed by atoms with van der Waals surface area (Å²) < 4.78 is 79.7. The van der Waals surface area contributed by atoms with Crippen molar-refractivity contribution in [3.63, 3.8) is 0 Å². The number of alkyl halides is 3. The van der Waals surface area contributed by atoms with Crippen molar-refractivity contribution in [1.29, 1.82) is 0 Å². The lowest BCUT2D eigenvalue weighted by atomic mass is 10.1. The molecule has 1 amide bonds. The Morgan fingerprint density at radius 2 is 1.62 bits per heavy atom. The Morgan fingerprint density at radius 1 is 0.971 bits per heavy atom. The number of amides is 1. The van der Waals surface area contributed by atoms with Gasteiger partial charge in [-0.2, -0.15) is 18.3 Å². The summed E-state index contributed by atoms with van der Waals surface area (Å²) in [6, 6.07) is 16.0. The Kier molecular flexibility index (Phi) is 7.35. The van der Waals surface area contributed by atoms with Gasteiger partial charge in [-0.3, -0.25) is 9.10 Å². The van der Waals surface area contributed by atoms with Crippen molar-refractivity contribution in [1.82, 2.24) is 5.43 Å². The van der Waals surface area contributed by atoms with Crippen molar-refractivity contribution in [2.75, 3.05) is 10.8 Å². The van der Waals surface area contributed by atoms with Crippen molar-refractivity contribution >= 4 is 27.3 Å². The van der Waals surface area contributed by atoms with Gasteiger partial charge in [0, 0.05) is 0 Å². The number of carbonyl (C=O) groups is 1. The molecule has 0 atom stereocenters. The summed E-state index contributed by atoms with van der Waals surface area (Å²) in [6.07, 6.45) is -4.71. The third kappa shape index (κ3) is 5.98. The monoisotopic (exact) mass is 493 g/mol. The van der Waals surface area contributed by atoms with Gasteiger partial charge in [0.15, 0.2) is 0 Å². The fourth-order valence-corrected chi connectivity index (χ4v) is 4.37. The highest BCUT2D eigenvalue weighted by atomic mass is 32.2. The average Bonchev–Trinajstić information content (AvgIpc) is 2.81. The first kappa shape index (κ1) is 24.9. The van der Waals surface area contributed by atoms with E-state index in [9.17, 15) is 30.8 Å². The van der Waals surface area contributed by atoms with Crippen molar-refractivity contribution in [2.45, 2.75) is 18.0 Å². The molecule has 0 heterocycles. The maximum absolute atomic E-state index is 13.2. The molecule has 0 spiro atoms. The van der Waals surface area contributed by atoms with Crippen LogP contribution in [0.15, 0.2) is 88.9 Å². The van der Waals surface area contributed by atoms with Gasteiger partial charge in [-0.05, 0) is 55.0 Å². The summed E-state index contributed by atoms with van der Waals surface area (Å²) in [5.41, 5.74) is 1.60. The Morgan fingerprint density at radius 3 is 2.24 bits per heavy atom. The highest BCUT2D eigenvalue weighted by Gasteiger charge is 2.33. The molecule has 0 aliphatic carbocycles. The molecule has 3 aromatic rings. The molecule has 0 saturated carbocycles. The van der Waals surface area contributed by atoms with Crippen LogP contribution in [0.25, 0.3) is 0 Å². The Hall–Kier alpha value is -3.73. The SMILES string of the molecule is C/C(=N\NC(=O)CN(c1cccc(C(F)(F)F)c1)S(=O)(=O)c1ccccc1)c1ccc(F)cc1. The number of carbonyl (C=O) groups excluding carboxylic acids is 1. The number of anilines is 1. The van der Waals surface area contributed by atoms with Crippen LogP contribution in [-0.2, 0) is 21.0 Å². The number of nitrogens with zero attached hydrogens (tertiary/aromatic N) is 2. The minimum absolute atomic E-state index is 0.203. The maximum atomic E-state index is 13.2. The van der Waals surface area contributed by atoms with E-state index in [0.717, 1.165) is 18.2 Å². The van der Waals surface area contributed by atoms with Crippen molar-refractivity contribution in [3.05, 3.63) is 95.8 Å². The van der Waals surface area contributed by atoms with E-state index in [1.807, 2.05) is 0 Å². The zero-order valence-corrected chi connectivity index (χ0v) is 18.6. The standard InChI is InChI=1S/C23H19F4N3O3S/c1-16(17-10-12-19(24)13-11-17)28-29-22(31)15-30(34(32,33)21-8-3-2-4-9-21)20-7-5-6-18(14-20)23(25,26)27/h2-14H,15H2,1H3,(H,29,31)/b28-16+. The average molecular weight is 493 g/mol. The molecular formula is C23H19F4N3O3S. The first-order valence-corrected chi connectivity index (χ1v) is 11.3. The van der Waals surface area contributed by atoms with Crippen LogP contribution in [0.4, 0.5) is 23.2 Å². The molecule has 3 rings (SSSR count). The van der Waals surface area contributed by atoms with E-state index in [1.54, 1.807) is 13.0 Å². The number of rotatable bonds is 7. The van der Waals surface area contributed by atoms with E-state index < -0.39 is 40.0 Å². The van der Waals surface area contributed by atoms with Crippen LogP contribution < -0.4 is 9.73 Å². The lowest BCUT2D eigenvalue weighted by Gasteiger charge is -2.24. The third-order valence-corrected chi connectivity index (χ3v) is 6.48. The van der Waals surface area contributed by atoms with Crippen LogP contribution in [0.3, 0.4) is 0 Å². The Balaban J connectivity index is 1.92. The molecule has 0 aromatic heterocycles. The highest BCUT2D eigenvalue weighted by Crippen LogP contribution is 2.33. The second kappa shape index (κ2) is 10.0. The second-order valence-electron chi connectivity index (χ2n) is 7.11. The first-order valence-electron chi connectivity index (χ1n) is 9.82. The molecule has 6 nitrogen and oxygen atoms in total. The smallest absolute Gasteiger partial charge is 0.271 e. The molecule has 34 heavy (non-hydrogen) atoms. The predicted octanol–water partition coefficient (Wildman–Crippen LogP) is 4.58. The maximum Gasteiger partial charge on any atom is 0.416 e. The minimum atomic E-state index is -4.71. The lowest BCUT2D eigenvalue weighted by Crippen LogP contribution is -2.39. The van der Waals surface area contributed by atoms with Crippen LogP contribution in [-0.4, -0.2) is 26.6 Å². The van der Waals surface area contributed by atoms with Gasteiger partial charge in [0.05, 0.1) is 21.9 Å². The molecule has 1 N–H and O–H groups in total. The number of nitrogens with one attached hydrogen (secondary N) is 1. The predicted molar refractivity (Wildman–Crippen MR) is 119 cm³/mol. The lowest BCUT2D eigenvalue weighted by molar-refractivity contribution is -0.137. The number of hydrazone groups is 1. The Labute approximate surface area is 193 Å². The molecule has 0 fully saturated rings. The van der Waals surface area contributed by atoms with Crippen LogP contribution >= 0.6 is 0 Å². The van der Waals surface area contributed by atoms with Gasteiger partial charge in [0.25, 0.3) is 15.9 Å². The fourth-order valence-electron chi connectivity index (χ4n) is 2.94. The van der Waals surface area contributed by atoms with Gasteiger partial charge in [0.1, 0.15) is 12.4 Å². The van der Waals surface area contributed by atoms with E-state index in [-0.39, 0.29) is 10.6 Å². The summed E-state index contributed by atoms with van der Waals surface area (Å²) in [7, 11) is -4.39. The van der Waals surface area contributed by atoms with Gasteiger partial charge >= 0.3 is 6.18 Å². The summed E-state index contributed by atoms with van der Waals surface area (Å²) in [5.74, 6) is -1.35. The van der Waals surface area contributed by atoms with Crippen LogP contribution in [0.5, 0.6) is 0 Å². The Bertz CT molecular complexity index is 1290. The van der Waals surface area contributed by atoms with Crippen molar-refractivity contribution in [3.8, 4) is 0 Å². The minimum Gasteiger partial charge on any atom is -0.271 e. The number of halogens is 4. The molecule has 0 radical (unpaired) electrons. The molecule has 0 unspecified atom stereocenters. The quantitative estimate of drug-likeness (QED) is 0.297. The van der Waals surface area contributed by atoms with Crippen LogP contribution in [0.2, 0.25) is 0 Å². The number of sulfonamides is 1. The summed E-state index contributed by atoms with van der Waals surface area (Å²) in [6.45, 7) is 0.706. The first-order chi connectivity index (χ1) is 16.0. The molecule has 0 aliphatic heterocycles. The van der Waals surface area contributed by atoms with Crippen molar-refractivity contribution < 1.29 is 30.8 Å². The zero-order chi connectivity index (χ0) is 24.9. The van der Waals surface area contributed by atoms with Gasteiger partial charge in [0.2, 0.25) is 0 Å². The molecule has 0 bridgehead atoms. The third-order valence-electron chi connectivity index (χ3n) is 4.69. The van der Waals surface area contributed by atoms with E-state index >= 15 is 0 Å². The van der Waals surface area contributed by atoms with Gasteiger partial charge in [-0.1, -0.05) is 36.4 Å². The van der Waals surface area contributed by atoms with Gasteiger partial charge in [-0.25, -0.2) is 18.2 Å². The fraction of sp³-hybridized carbons (Fsp3) is 0.130. The number of hydrogen-bond acceptors (Lipinski definition) is 4. The molecule has 11 heteroatoms. The van der Waals surface area contributed by atoms with Crippen molar-refractivity contribution in [2.24, 2.45) is 5.10 Å². The second-order valence-corrected chi connectivity index (χ2v) is 8.97. The van der Waals surface area contributed by atoms with Crippen LogP contribution in [0.1, 0.15) is 18.1 Å². The largest absolute Gasteiger partial charge is 0.416 e. The van der Waals surface area contributed by atoms with E-state index in [0.29, 0.717) is 21.6 Å². The van der Waals surface area contributed by atoms with Crippen LogP contribution in [0, 0.1) is 5.82 Å². The molecule has 178 valence electrons. The molecular weight excluding hydrogens is 474 g/mol. The number of benzene rings is 3. The van der Waals surface area contributed by atoms with E-state index in [4.69, 9.17) is 0 Å². The summed E-state index contributed by atoms with van der Waals surface area (Å²) in [5, 5.41) is 3.88. The molecule has 0 saturated heterocycles.